The third-order valence-electron chi connectivity index (χ3n) is 11.6. The van der Waals surface area contributed by atoms with E-state index < -0.39 is 114 Å². The summed E-state index contributed by atoms with van der Waals surface area (Å²) in [5.74, 6) is -6.93. The normalized spacial score (nSPS) is 28.3. The zero-order chi connectivity index (χ0) is 48.1. The highest BCUT2D eigenvalue weighted by atomic mass is 19.4. The molecule has 1 aliphatic heterocycles. The van der Waals surface area contributed by atoms with Crippen LogP contribution in [0.4, 0.5) is 13.2 Å². The first-order valence-corrected chi connectivity index (χ1v) is 21.6. The lowest BCUT2D eigenvalue weighted by Gasteiger charge is -2.33. The lowest BCUT2D eigenvalue weighted by atomic mass is 9.86. The number of carbonyl (C=O) groups is 7. The lowest BCUT2D eigenvalue weighted by molar-refractivity contribution is -0.161. The fraction of sp³-hybridized carbons (Fsp3) is 0.667. The molecule has 10 atom stereocenters. The van der Waals surface area contributed by atoms with Crippen LogP contribution < -0.4 is 16.0 Å². The first-order valence-electron chi connectivity index (χ1n) is 21.6. The second-order valence-electron chi connectivity index (χ2n) is 17.3. The number of esters is 2. The molecule has 1 heterocycles. The van der Waals surface area contributed by atoms with Crippen LogP contribution in [0.25, 0.3) is 0 Å². The number of nitrogens with one attached hydrogen (secondary N) is 3. The van der Waals surface area contributed by atoms with Crippen LogP contribution in [0.2, 0.25) is 0 Å². The number of hydrogen-bond donors (Lipinski definition) is 4. The molecule has 1 aromatic rings. The zero-order valence-electron chi connectivity index (χ0n) is 38.6. The van der Waals surface area contributed by atoms with E-state index >= 15 is 0 Å². The van der Waals surface area contributed by atoms with Gasteiger partial charge in [-0.1, -0.05) is 79.5 Å². The first kappa shape index (κ1) is 54.1. The van der Waals surface area contributed by atoms with Crippen molar-refractivity contribution in [3.63, 3.8) is 0 Å². The molecule has 15 nitrogen and oxygen atoms in total. The van der Waals surface area contributed by atoms with Crippen molar-refractivity contribution in [2.45, 2.75) is 150 Å². The van der Waals surface area contributed by atoms with Crippen LogP contribution in [-0.2, 0) is 55.6 Å². The Morgan fingerprint density at radius 3 is 1.92 bits per heavy atom. The van der Waals surface area contributed by atoms with Gasteiger partial charge in [-0.05, 0) is 69.1 Å². The highest BCUT2D eigenvalue weighted by Crippen LogP contribution is 2.30. The molecular formula is C45H68F3N5O10. The third-order valence-corrected chi connectivity index (χ3v) is 11.6. The molecule has 1 aromatic carbocycles. The summed E-state index contributed by atoms with van der Waals surface area (Å²) in [5, 5.41) is 19.1. The number of aliphatic hydroxyl groups is 1. The fourth-order valence-corrected chi connectivity index (χ4v) is 6.98. The van der Waals surface area contributed by atoms with Crippen molar-refractivity contribution in [3.8, 4) is 0 Å². The van der Waals surface area contributed by atoms with Gasteiger partial charge in [-0.25, -0.2) is 9.59 Å². The van der Waals surface area contributed by atoms with Gasteiger partial charge in [0, 0.05) is 32.0 Å². The van der Waals surface area contributed by atoms with Gasteiger partial charge < -0.3 is 40.3 Å². The van der Waals surface area contributed by atoms with Gasteiger partial charge in [0.05, 0.1) is 18.2 Å². The molecule has 0 saturated heterocycles. The van der Waals surface area contributed by atoms with E-state index in [4.69, 9.17) is 9.47 Å². The number of rotatable bonds is 8. The topological polar surface area (TPSA) is 201 Å². The second kappa shape index (κ2) is 24.2. The molecule has 2 rings (SSSR count). The van der Waals surface area contributed by atoms with Crippen LogP contribution in [0.1, 0.15) is 106 Å². The zero-order valence-corrected chi connectivity index (χ0v) is 38.6. The number of ether oxygens (including phenoxy) is 2. The largest absolute Gasteiger partial charge is 0.460 e. The fourth-order valence-electron chi connectivity index (χ4n) is 6.98. The minimum Gasteiger partial charge on any atom is -0.460 e. The summed E-state index contributed by atoms with van der Waals surface area (Å²) < 4.78 is 51.7. The highest BCUT2D eigenvalue weighted by molar-refractivity contribution is 5.96. The maximum Gasteiger partial charge on any atom is 0.416 e. The summed E-state index contributed by atoms with van der Waals surface area (Å²) in [6.07, 6.45) is -5.70. The van der Waals surface area contributed by atoms with Gasteiger partial charge in [-0.15, -0.1) is 0 Å². The molecule has 0 bridgehead atoms. The Hall–Kier alpha value is -5.00. The Kier molecular flexibility index (Phi) is 20.8. The second-order valence-corrected chi connectivity index (χ2v) is 17.3. The Bertz CT molecular complexity index is 1790. The van der Waals surface area contributed by atoms with Gasteiger partial charge in [0.1, 0.15) is 30.3 Å². The average molecular weight is 896 g/mol. The maximum absolute atomic E-state index is 14.2. The van der Waals surface area contributed by atoms with Crippen LogP contribution in [-0.4, -0.2) is 120 Å². The molecule has 1 aliphatic rings. The smallest absolute Gasteiger partial charge is 0.416 e. The molecule has 0 aliphatic carbocycles. The van der Waals surface area contributed by atoms with Gasteiger partial charge in [0.15, 0.2) is 6.10 Å². The van der Waals surface area contributed by atoms with E-state index in [9.17, 15) is 51.8 Å². The molecule has 0 radical (unpaired) electrons. The summed E-state index contributed by atoms with van der Waals surface area (Å²) in [7, 11) is 2.55. The van der Waals surface area contributed by atoms with Crippen molar-refractivity contribution in [3.05, 3.63) is 47.0 Å². The Labute approximate surface area is 369 Å². The minimum absolute atomic E-state index is 0.0460. The number of likely N-dealkylation sites (N-methyl/N-ethyl adjacent to an activating group) is 2. The van der Waals surface area contributed by atoms with Crippen molar-refractivity contribution in [2.24, 2.45) is 23.7 Å². The van der Waals surface area contributed by atoms with Gasteiger partial charge in [-0.3, -0.25) is 24.0 Å². The van der Waals surface area contributed by atoms with Gasteiger partial charge >= 0.3 is 18.1 Å². The van der Waals surface area contributed by atoms with E-state index in [2.05, 4.69) is 16.0 Å². The summed E-state index contributed by atoms with van der Waals surface area (Å²) in [4.78, 5) is 97.9. The molecule has 63 heavy (non-hydrogen) atoms. The standard InChI is InChI=1S/C45H68F3N5O10/c1-13-25(5)37-40(57)50-30(10)44(61)63-38(26(6)14-2)28(8)34(54)20-15-27(7)43(60)62-35(21-24(3)4)39(56)49-29(9)41(58)53(12)33(42(59)52(11)23-36(55)51-37)22-31-16-18-32(19-17-31)45(46,47)48/h15-19,24-26,28-30,33-35,37-38,54H,13-14,20-23H2,1-12H3,(H,49,56)(H,50,57)(H,51,55)/b27-15+/t25?,26-,28-,29-,30+,33+,34-,35+,37-,38+/m0/s1. The van der Waals surface area contributed by atoms with Gasteiger partial charge in [-0.2, -0.15) is 13.2 Å². The number of hydrogen-bond acceptors (Lipinski definition) is 10. The lowest BCUT2D eigenvalue weighted by Crippen LogP contribution is -2.57. The first-order chi connectivity index (χ1) is 29.2. The van der Waals surface area contributed by atoms with Gasteiger partial charge in [0.2, 0.25) is 23.6 Å². The molecule has 1 unspecified atom stereocenters. The maximum atomic E-state index is 14.2. The molecular weight excluding hydrogens is 828 g/mol. The molecule has 4 N–H and O–H groups in total. The molecule has 0 spiro atoms. The van der Waals surface area contributed by atoms with Crippen LogP contribution in [0, 0.1) is 23.7 Å². The van der Waals surface area contributed by atoms with Crippen LogP contribution >= 0.6 is 0 Å². The molecule has 0 fully saturated rings. The number of cyclic esters (lactones) is 2. The molecule has 0 aromatic heterocycles. The molecule has 18 heteroatoms. The van der Waals surface area contributed by atoms with Gasteiger partial charge in [0.25, 0.3) is 5.91 Å². The average Bonchev–Trinajstić information content (AvgIpc) is 3.22. The van der Waals surface area contributed by atoms with E-state index in [-0.39, 0.29) is 42.2 Å². The van der Waals surface area contributed by atoms with Crippen LogP contribution in [0.5, 0.6) is 0 Å². The molecule has 354 valence electrons. The number of carbonyl (C=O) groups excluding carboxylic acids is 7. The number of benzene rings is 1. The third kappa shape index (κ3) is 15.9. The van der Waals surface area contributed by atoms with E-state index in [1.165, 1.54) is 53.1 Å². The van der Waals surface area contributed by atoms with Crippen molar-refractivity contribution in [1.82, 2.24) is 25.8 Å². The van der Waals surface area contributed by atoms with Crippen molar-refractivity contribution in [1.29, 1.82) is 0 Å². The quantitative estimate of drug-likeness (QED) is 0.272. The Morgan fingerprint density at radius 2 is 1.38 bits per heavy atom. The van der Waals surface area contributed by atoms with E-state index in [1.54, 1.807) is 34.6 Å². The SMILES string of the molecule is CCC(C)[C@@H]1NC(=O)CN(C)C(=O)[C@@H](Cc2ccc(C(F)(F)F)cc2)N(C)C(=O)[C@H](C)NC(=O)[C@@H](CC(C)C)OC(=O)/C(C)=C/C[C@H](O)[C@H](C)[C@@H]([C@@H](C)CC)OC(=O)[C@@H](C)NC1=O. The van der Waals surface area contributed by atoms with Crippen molar-refractivity contribution >= 4 is 41.5 Å². The monoisotopic (exact) mass is 895 g/mol. The van der Waals surface area contributed by atoms with Crippen LogP contribution in [0.15, 0.2) is 35.9 Å². The predicted octanol–water partition coefficient (Wildman–Crippen LogP) is 4.34. The number of amides is 5. The minimum atomic E-state index is -4.63. The van der Waals surface area contributed by atoms with E-state index in [0.29, 0.717) is 12.8 Å². The van der Waals surface area contributed by atoms with Crippen molar-refractivity contribution < 1.29 is 61.3 Å². The number of alkyl halides is 3. The summed E-state index contributed by atoms with van der Waals surface area (Å²) in [5.41, 5.74) is -0.595. The summed E-state index contributed by atoms with van der Waals surface area (Å²) >= 11 is 0. The Morgan fingerprint density at radius 1 is 0.810 bits per heavy atom. The molecule has 0 saturated carbocycles. The highest BCUT2D eigenvalue weighted by Gasteiger charge is 2.38. The van der Waals surface area contributed by atoms with Crippen molar-refractivity contribution in [2.75, 3.05) is 20.6 Å². The van der Waals surface area contributed by atoms with Crippen LogP contribution in [0.3, 0.4) is 0 Å². The predicted molar refractivity (Wildman–Crippen MR) is 228 cm³/mol. The summed E-state index contributed by atoms with van der Waals surface area (Å²) in [6, 6.07) is -1.04. The van der Waals surface area contributed by atoms with E-state index in [1.807, 2.05) is 13.8 Å². The Balaban J connectivity index is 2.66. The number of aliphatic hydroxyl groups excluding tert-OH is 1. The molecule has 5 amide bonds. The summed E-state index contributed by atoms with van der Waals surface area (Å²) in [6.45, 7) is 16.2. The number of halogens is 3. The van der Waals surface area contributed by atoms with E-state index in [0.717, 1.165) is 21.9 Å². The number of nitrogens with zero attached hydrogens (tertiary/aromatic N) is 2.